The molecule has 13 heteroatoms. The number of fused-ring (bicyclic) bond motifs is 2. The van der Waals surface area contributed by atoms with Crippen molar-refractivity contribution in [1.82, 2.24) is 4.90 Å². The zero-order chi connectivity index (χ0) is 50.5. The summed E-state index contributed by atoms with van der Waals surface area (Å²) in [6.45, 7) is 39.0. The van der Waals surface area contributed by atoms with Crippen LogP contribution in [0.2, 0.25) is 18.1 Å². The predicted octanol–water partition coefficient (Wildman–Crippen LogP) is 11.2. The van der Waals surface area contributed by atoms with Gasteiger partial charge in [-0.25, -0.2) is 4.79 Å². The highest BCUT2D eigenvalue weighted by molar-refractivity contribution is 6.74. The summed E-state index contributed by atoms with van der Waals surface area (Å²) < 4.78 is 54.0. The second-order valence-electron chi connectivity index (χ2n) is 25.4. The minimum atomic E-state index is -2.28. The fourth-order valence-electron chi connectivity index (χ4n) is 12.1. The lowest BCUT2D eigenvalue weighted by Crippen LogP contribution is -2.58. The quantitative estimate of drug-likeness (QED) is 0.197. The van der Waals surface area contributed by atoms with E-state index in [1.54, 1.807) is 11.0 Å². The number of ketones is 2. The minimum absolute atomic E-state index is 0.0112. The van der Waals surface area contributed by atoms with E-state index in [2.05, 4.69) is 74.7 Å². The highest BCUT2D eigenvalue weighted by atomic mass is 28.4. The van der Waals surface area contributed by atoms with E-state index >= 15 is 0 Å². The Morgan fingerprint density at radius 1 is 0.783 bits per heavy atom. The Bertz CT molecular complexity index is 1900. The van der Waals surface area contributed by atoms with Crippen molar-refractivity contribution in [3.8, 4) is 0 Å². The van der Waals surface area contributed by atoms with Gasteiger partial charge in [0.25, 0.3) is 0 Å². The summed E-state index contributed by atoms with van der Waals surface area (Å²) in [6, 6.07) is 0. The summed E-state index contributed by atoms with van der Waals surface area (Å²) in [6.07, 6.45) is 8.80. The van der Waals surface area contributed by atoms with Crippen molar-refractivity contribution in [2.75, 3.05) is 6.54 Å². The fourth-order valence-corrected chi connectivity index (χ4v) is 13.3. The first kappa shape index (κ1) is 54.5. The van der Waals surface area contributed by atoms with Crippen LogP contribution in [0.15, 0.2) is 36.5 Å². The molecule has 0 N–H and O–H groups in total. The molecule has 0 saturated carbocycles. The molecular formula is C56H91NO11Si. The van der Waals surface area contributed by atoms with Gasteiger partial charge in [-0.15, -0.1) is 0 Å². The number of rotatable bonds is 4. The Labute approximate surface area is 416 Å². The third-order valence-electron chi connectivity index (χ3n) is 17.6. The van der Waals surface area contributed by atoms with E-state index in [1.807, 2.05) is 40.7 Å². The van der Waals surface area contributed by atoms with Crippen LogP contribution < -0.4 is 0 Å². The van der Waals surface area contributed by atoms with E-state index in [1.165, 1.54) is 0 Å². The van der Waals surface area contributed by atoms with Crippen LogP contribution >= 0.6 is 0 Å². The normalized spacial score (nSPS) is 41.4. The second kappa shape index (κ2) is 21.3. The molecule has 390 valence electrons. The van der Waals surface area contributed by atoms with E-state index in [0.717, 1.165) is 49.7 Å². The van der Waals surface area contributed by atoms with Crippen molar-refractivity contribution in [2.24, 2.45) is 29.6 Å². The van der Waals surface area contributed by atoms with Crippen molar-refractivity contribution in [3.63, 3.8) is 0 Å². The van der Waals surface area contributed by atoms with Gasteiger partial charge in [0, 0.05) is 32.1 Å². The first-order valence-corrected chi connectivity index (χ1v) is 29.7. The Morgan fingerprint density at radius 3 is 2.14 bits per heavy atom. The van der Waals surface area contributed by atoms with Crippen LogP contribution in [0, 0.1) is 29.6 Å². The van der Waals surface area contributed by atoms with Gasteiger partial charge in [-0.1, -0.05) is 67.7 Å². The summed E-state index contributed by atoms with van der Waals surface area (Å²) >= 11 is 0. The first-order chi connectivity index (χ1) is 32.1. The molecule has 0 spiro atoms. The van der Waals surface area contributed by atoms with Gasteiger partial charge in [-0.05, 0) is 145 Å². The van der Waals surface area contributed by atoms with Gasteiger partial charge in [0.1, 0.15) is 17.1 Å². The second-order valence-corrected chi connectivity index (χ2v) is 30.2. The fraction of sp³-hybridized carbons (Fsp3) is 0.839. The first-order valence-electron chi connectivity index (χ1n) is 26.8. The maximum atomic E-state index is 14.5. The van der Waals surface area contributed by atoms with Gasteiger partial charge < -0.3 is 37.6 Å². The SMILES string of the molecule is C=C1C[C@@H]2CCC(=O)/C=C/[C@H](O[Si](C)(C)C(C)(C)C)[C@@H]3O[C@H]4CC[C@H](CC(=O)C[C@H]5[C@H](CC6O[C@@H](CCC1O2)C[C@@H](C)C6=C)OC(C[C@H]1CN(C(=O)OC(C)(C)C)C(C)(C)O1)[C@@H]5C)O[C@@H]4[C@H](C)[C@@H]3C. The van der Waals surface area contributed by atoms with Gasteiger partial charge in [0.05, 0.1) is 79.8 Å². The third-order valence-corrected chi connectivity index (χ3v) is 22.0. The third kappa shape index (κ3) is 12.9. The van der Waals surface area contributed by atoms with Crippen LogP contribution in [0.25, 0.3) is 0 Å². The molecular weight excluding hydrogens is 891 g/mol. The van der Waals surface area contributed by atoms with Crippen LogP contribution in [0.5, 0.6) is 0 Å². The Hall–Kier alpha value is -2.23. The smallest absolute Gasteiger partial charge is 0.412 e. The molecule has 17 atom stereocenters. The zero-order valence-corrected chi connectivity index (χ0v) is 46.0. The standard InChI is InChI=1S/C56H91NO11Si/c1-32-25-41-20-23-45-33(2)26-40(61-45)19-17-38(58)18-22-47(68-69(15,16)55(10,11)12)52-36(5)35(4)51-46(65-52)24-21-42(63-51)27-39(59)28-44-37(6)48(64-50(44)30-49(62-41)34(32)3)29-43-31-57(56(13,14)66-43)53(60)67-54(7,8)9/h18,22,32,35-37,40-52H,2-3,17,19-21,23-31H2,1,4-16H3/b22-18+/t32-,35-,36+,37-,40+,41+,42-,43+,44-,45?,46+,47+,48?,49?,50+,51-,52-/m1/s1. The molecule has 9 heterocycles. The minimum Gasteiger partial charge on any atom is -0.444 e. The molecule has 6 fully saturated rings. The van der Waals surface area contributed by atoms with E-state index in [0.29, 0.717) is 45.1 Å². The number of amides is 1. The van der Waals surface area contributed by atoms with E-state index in [9.17, 15) is 14.4 Å². The van der Waals surface area contributed by atoms with Gasteiger partial charge in [-0.2, -0.15) is 0 Å². The van der Waals surface area contributed by atoms with Crippen LogP contribution in [0.1, 0.15) is 160 Å². The number of nitrogens with zero attached hydrogens (tertiary/aromatic N) is 1. The van der Waals surface area contributed by atoms with Crippen LogP contribution in [-0.4, -0.2) is 122 Å². The lowest BCUT2D eigenvalue weighted by Gasteiger charge is -2.51. The number of ether oxygens (including phenoxy) is 7. The van der Waals surface area contributed by atoms with Gasteiger partial charge >= 0.3 is 6.09 Å². The van der Waals surface area contributed by atoms with E-state index < -0.39 is 25.7 Å². The molecule has 0 radical (unpaired) electrons. The molecule has 6 saturated heterocycles. The number of allylic oxidation sites excluding steroid dienone is 1. The van der Waals surface area contributed by atoms with E-state index in [4.69, 9.17) is 37.6 Å². The molecule has 9 rings (SSSR count). The highest BCUT2D eigenvalue weighted by Gasteiger charge is 2.52. The summed E-state index contributed by atoms with van der Waals surface area (Å²) in [5.41, 5.74) is 0.678. The summed E-state index contributed by atoms with van der Waals surface area (Å²) in [4.78, 5) is 43.1. The number of hydrogen-bond acceptors (Lipinski definition) is 11. The predicted molar refractivity (Wildman–Crippen MR) is 270 cm³/mol. The topological polar surface area (TPSA) is 128 Å². The molecule has 8 bridgehead atoms. The molecule has 0 aliphatic carbocycles. The molecule has 0 aromatic heterocycles. The maximum Gasteiger partial charge on any atom is 0.412 e. The molecule has 0 aromatic rings. The average Bonchev–Trinajstić information content (AvgIpc) is 3.86. The van der Waals surface area contributed by atoms with Crippen molar-refractivity contribution in [3.05, 3.63) is 36.5 Å². The maximum absolute atomic E-state index is 14.5. The van der Waals surface area contributed by atoms with Crippen LogP contribution in [0.4, 0.5) is 4.79 Å². The zero-order valence-electron chi connectivity index (χ0n) is 45.0. The Kier molecular flexibility index (Phi) is 16.8. The molecule has 12 nitrogen and oxygen atoms in total. The molecule has 1 amide bonds. The van der Waals surface area contributed by atoms with Gasteiger partial charge in [-0.3, -0.25) is 14.5 Å². The summed E-state index contributed by atoms with van der Waals surface area (Å²) in [7, 11) is -2.28. The largest absolute Gasteiger partial charge is 0.444 e. The molecule has 69 heavy (non-hydrogen) atoms. The lowest BCUT2D eigenvalue weighted by molar-refractivity contribution is -0.237. The molecule has 9 aliphatic rings. The van der Waals surface area contributed by atoms with Gasteiger partial charge in [0.15, 0.2) is 14.1 Å². The number of hydrogen-bond donors (Lipinski definition) is 0. The van der Waals surface area contributed by atoms with Crippen molar-refractivity contribution < 1.29 is 52.0 Å². The summed E-state index contributed by atoms with van der Waals surface area (Å²) in [5, 5.41) is -0.0337. The van der Waals surface area contributed by atoms with Crippen LogP contribution in [-0.2, 0) is 47.2 Å². The van der Waals surface area contributed by atoms with Crippen molar-refractivity contribution in [1.29, 1.82) is 0 Å². The average molecular weight is 982 g/mol. The van der Waals surface area contributed by atoms with E-state index in [-0.39, 0.29) is 119 Å². The highest BCUT2D eigenvalue weighted by Crippen LogP contribution is 2.47. The van der Waals surface area contributed by atoms with Crippen molar-refractivity contribution in [2.45, 2.75) is 263 Å². The van der Waals surface area contributed by atoms with Crippen molar-refractivity contribution >= 4 is 26.0 Å². The lowest BCUT2D eigenvalue weighted by atomic mass is 9.76. The van der Waals surface area contributed by atoms with Crippen LogP contribution in [0.3, 0.4) is 0 Å². The Morgan fingerprint density at radius 2 is 1.45 bits per heavy atom. The number of Topliss-reactive ketones (excluding diaryl/α,β-unsaturated/α-hetero) is 1. The Balaban J connectivity index is 1.13. The van der Waals surface area contributed by atoms with Gasteiger partial charge in [0.2, 0.25) is 0 Å². The molecule has 0 aromatic carbocycles. The molecule has 9 aliphatic heterocycles. The monoisotopic (exact) mass is 982 g/mol. The molecule has 3 unspecified atom stereocenters. The number of carbonyl (C=O) groups excluding carboxylic acids is 3. The summed E-state index contributed by atoms with van der Waals surface area (Å²) in [5.74, 6) is 0.697. The number of carbonyl (C=O) groups is 3.